The highest BCUT2D eigenvalue weighted by atomic mass is 32.2. The van der Waals surface area contributed by atoms with Crippen LogP contribution in [0.4, 0.5) is 5.95 Å². The fourth-order valence-corrected chi connectivity index (χ4v) is 2.66. The van der Waals surface area contributed by atoms with Crippen LogP contribution in [0.25, 0.3) is 0 Å². The monoisotopic (exact) mass is 295 g/mol. The molecule has 0 aromatic carbocycles. The minimum Gasteiger partial charge on any atom is -0.368 e. The third kappa shape index (κ3) is 4.12. The Kier molecular flexibility index (Phi) is 6.30. The molecule has 0 spiro atoms. The molecule has 110 valence electrons. The van der Waals surface area contributed by atoms with Crippen LogP contribution in [0.5, 0.6) is 0 Å². The van der Waals surface area contributed by atoms with Crippen molar-refractivity contribution in [2.45, 2.75) is 25.0 Å². The normalized spacial score (nSPS) is 10.6. The number of nitrogens with two attached hydrogens (primary N) is 1. The Bertz CT molecular complexity index is 473. The van der Waals surface area contributed by atoms with E-state index in [1.807, 2.05) is 18.4 Å². The number of thioether (sulfide) groups is 1. The van der Waals surface area contributed by atoms with E-state index in [0.717, 1.165) is 0 Å². The number of hydrogen-bond donors (Lipinski definition) is 1. The average molecular weight is 295 g/mol. The fourth-order valence-electron chi connectivity index (χ4n) is 1.68. The van der Waals surface area contributed by atoms with Gasteiger partial charge in [-0.25, -0.2) is 0 Å². The first-order valence-corrected chi connectivity index (χ1v) is 7.32. The number of amides is 1. The predicted octanol–water partition coefficient (Wildman–Crippen LogP) is 1.73. The number of nitrogens with zero attached hydrogens (tertiary/aromatic N) is 4. The Balaban J connectivity index is 2.68. The van der Waals surface area contributed by atoms with E-state index in [1.54, 1.807) is 17.1 Å². The lowest BCUT2D eigenvalue weighted by Crippen LogP contribution is -2.32. The topological polar surface area (TPSA) is 77.0 Å². The third-order valence-corrected chi connectivity index (χ3v) is 3.51. The maximum Gasteiger partial charge on any atom is 0.233 e. The Labute approximate surface area is 123 Å². The van der Waals surface area contributed by atoms with Crippen molar-refractivity contribution in [1.29, 1.82) is 0 Å². The minimum absolute atomic E-state index is 0.00618. The molecule has 0 bridgehead atoms. The van der Waals surface area contributed by atoms with Gasteiger partial charge in [-0.2, -0.15) is 0 Å². The van der Waals surface area contributed by atoms with Crippen LogP contribution in [-0.2, 0) is 4.79 Å². The van der Waals surface area contributed by atoms with E-state index in [-0.39, 0.29) is 17.7 Å². The summed E-state index contributed by atoms with van der Waals surface area (Å²) in [7, 11) is 0. The molecule has 1 heterocycles. The third-order valence-electron chi connectivity index (χ3n) is 2.58. The molecule has 1 amide bonds. The number of carbonyl (C=O) groups is 1. The molecule has 7 heteroatoms. The zero-order chi connectivity index (χ0) is 15.1. The molecule has 0 radical (unpaired) electrons. The summed E-state index contributed by atoms with van der Waals surface area (Å²) in [4.78, 5) is 13.8. The lowest BCUT2D eigenvalue weighted by atomic mass is 10.4. The summed E-state index contributed by atoms with van der Waals surface area (Å²) in [5, 5.41) is 8.50. The molecular formula is C13H21N5OS. The molecule has 0 fully saturated rings. The summed E-state index contributed by atoms with van der Waals surface area (Å²) in [6, 6.07) is 0.153. The van der Waals surface area contributed by atoms with Gasteiger partial charge in [0.25, 0.3) is 0 Å². The van der Waals surface area contributed by atoms with Crippen molar-refractivity contribution in [3.05, 3.63) is 25.3 Å². The van der Waals surface area contributed by atoms with Crippen molar-refractivity contribution in [3.8, 4) is 0 Å². The number of anilines is 1. The molecule has 0 aliphatic heterocycles. The van der Waals surface area contributed by atoms with Crippen LogP contribution in [0.15, 0.2) is 30.5 Å². The van der Waals surface area contributed by atoms with E-state index in [2.05, 4.69) is 23.4 Å². The largest absolute Gasteiger partial charge is 0.368 e. The number of hydrogen-bond acceptors (Lipinski definition) is 5. The van der Waals surface area contributed by atoms with Gasteiger partial charge in [0.15, 0.2) is 5.16 Å². The van der Waals surface area contributed by atoms with Gasteiger partial charge in [0.05, 0.1) is 5.75 Å². The maximum atomic E-state index is 12.1. The van der Waals surface area contributed by atoms with Crippen LogP contribution in [-0.4, -0.2) is 44.4 Å². The van der Waals surface area contributed by atoms with E-state index in [0.29, 0.717) is 24.2 Å². The highest BCUT2D eigenvalue weighted by Gasteiger charge is 2.16. The zero-order valence-corrected chi connectivity index (χ0v) is 12.8. The summed E-state index contributed by atoms with van der Waals surface area (Å²) in [6.45, 7) is 12.3. The van der Waals surface area contributed by atoms with Gasteiger partial charge in [0, 0.05) is 19.1 Å². The second-order valence-corrected chi connectivity index (χ2v) is 5.41. The molecule has 1 rings (SSSR count). The molecule has 1 aromatic rings. The first kappa shape index (κ1) is 16.3. The molecular weight excluding hydrogens is 274 g/mol. The summed E-state index contributed by atoms with van der Waals surface area (Å²) in [6.07, 6.45) is 3.39. The molecule has 20 heavy (non-hydrogen) atoms. The number of rotatable bonds is 8. The Morgan fingerprint density at radius 3 is 2.50 bits per heavy atom. The van der Waals surface area contributed by atoms with Gasteiger partial charge in [-0.3, -0.25) is 9.36 Å². The predicted molar refractivity (Wildman–Crippen MR) is 82.5 cm³/mol. The lowest BCUT2D eigenvalue weighted by molar-refractivity contribution is -0.127. The van der Waals surface area contributed by atoms with Gasteiger partial charge < -0.3 is 10.6 Å². The molecule has 0 atom stereocenters. The van der Waals surface area contributed by atoms with E-state index in [1.165, 1.54) is 11.8 Å². The molecule has 6 nitrogen and oxygen atoms in total. The first-order chi connectivity index (χ1) is 9.51. The van der Waals surface area contributed by atoms with Crippen LogP contribution < -0.4 is 5.73 Å². The highest BCUT2D eigenvalue weighted by Crippen LogP contribution is 2.22. The van der Waals surface area contributed by atoms with E-state index >= 15 is 0 Å². The number of carbonyl (C=O) groups excluding carboxylic acids is 1. The fraction of sp³-hybridized carbons (Fsp3) is 0.462. The Morgan fingerprint density at radius 2 is 2.00 bits per heavy atom. The quantitative estimate of drug-likeness (QED) is 0.584. The molecule has 0 saturated heterocycles. The van der Waals surface area contributed by atoms with Crippen LogP contribution in [0.3, 0.4) is 0 Å². The maximum absolute atomic E-state index is 12.1. The van der Waals surface area contributed by atoms with E-state index in [9.17, 15) is 4.79 Å². The van der Waals surface area contributed by atoms with Gasteiger partial charge in [0.1, 0.15) is 0 Å². The van der Waals surface area contributed by atoms with Crippen molar-refractivity contribution >= 4 is 23.6 Å². The van der Waals surface area contributed by atoms with Crippen molar-refractivity contribution in [2.75, 3.05) is 24.6 Å². The van der Waals surface area contributed by atoms with Crippen molar-refractivity contribution < 1.29 is 4.79 Å². The standard InChI is InChI=1S/C13H21N5OS/c1-5-7-17(8-6-2)11(19)9-20-13-16-15-12(14)18(13)10(3)4/h5-6,10H,1-2,7-9H2,3-4H3,(H2,14,15). The average Bonchev–Trinajstić information content (AvgIpc) is 2.77. The number of nitrogen functional groups attached to an aromatic ring is 1. The first-order valence-electron chi connectivity index (χ1n) is 6.34. The summed E-state index contributed by atoms with van der Waals surface area (Å²) < 4.78 is 1.81. The molecule has 2 N–H and O–H groups in total. The summed E-state index contributed by atoms with van der Waals surface area (Å²) in [5.74, 6) is 0.655. The molecule has 0 aliphatic carbocycles. The van der Waals surface area contributed by atoms with Gasteiger partial charge in [0.2, 0.25) is 11.9 Å². The smallest absolute Gasteiger partial charge is 0.233 e. The van der Waals surface area contributed by atoms with Crippen LogP contribution in [0.1, 0.15) is 19.9 Å². The van der Waals surface area contributed by atoms with Crippen molar-refractivity contribution in [3.63, 3.8) is 0 Å². The summed E-state index contributed by atoms with van der Waals surface area (Å²) >= 11 is 1.33. The SMILES string of the molecule is C=CCN(CC=C)C(=O)CSc1nnc(N)n1C(C)C. The second-order valence-electron chi connectivity index (χ2n) is 4.47. The van der Waals surface area contributed by atoms with E-state index < -0.39 is 0 Å². The zero-order valence-electron chi connectivity index (χ0n) is 12.0. The van der Waals surface area contributed by atoms with Gasteiger partial charge in [-0.1, -0.05) is 23.9 Å². The minimum atomic E-state index is 0.00618. The van der Waals surface area contributed by atoms with Gasteiger partial charge >= 0.3 is 0 Å². The van der Waals surface area contributed by atoms with Crippen molar-refractivity contribution in [1.82, 2.24) is 19.7 Å². The second kappa shape index (κ2) is 7.74. The molecule has 0 aliphatic rings. The molecule has 1 aromatic heterocycles. The number of aromatic nitrogens is 3. The Morgan fingerprint density at radius 1 is 1.40 bits per heavy atom. The van der Waals surface area contributed by atoms with Crippen LogP contribution >= 0.6 is 11.8 Å². The lowest BCUT2D eigenvalue weighted by Gasteiger charge is -2.19. The molecule has 0 saturated carbocycles. The van der Waals surface area contributed by atoms with Crippen molar-refractivity contribution in [2.24, 2.45) is 0 Å². The van der Waals surface area contributed by atoms with E-state index in [4.69, 9.17) is 5.73 Å². The molecule has 0 unspecified atom stereocenters. The van der Waals surface area contributed by atoms with Gasteiger partial charge in [-0.15, -0.1) is 23.4 Å². The summed E-state index contributed by atoms with van der Waals surface area (Å²) in [5.41, 5.74) is 5.76. The Hall–Kier alpha value is -1.76. The van der Waals surface area contributed by atoms with Crippen LogP contribution in [0.2, 0.25) is 0 Å². The van der Waals surface area contributed by atoms with Crippen LogP contribution in [0, 0.1) is 0 Å². The van der Waals surface area contributed by atoms with Gasteiger partial charge in [-0.05, 0) is 13.8 Å². The highest BCUT2D eigenvalue weighted by molar-refractivity contribution is 7.99.